The number of aromatic nitrogens is 1. The molecular weight excluding hydrogens is 363 g/mol. The van der Waals surface area contributed by atoms with Crippen molar-refractivity contribution in [3.8, 4) is 11.8 Å². The van der Waals surface area contributed by atoms with Gasteiger partial charge in [0.25, 0.3) is 0 Å². The Labute approximate surface area is 163 Å². The molecule has 3 aromatic rings. The minimum atomic E-state index is 0.470. The van der Waals surface area contributed by atoms with Crippen molar-refractivity contribution < 1.29 is 0 Å². The van der Waals surface area contributed by atoms with E-state index in [1.54, 1.807) is 18.2 Å². The van der Waals surface area contributed by atoms with Crippen LogP contribution < -0.4 is 0 Å². The summed E-state index contributed by atoms with van der Waals surface area (Å²) in [5, 5.41) is 10.7. The van der Waals surface area contributed by atoms with Gasteiger partial charge in [-0.3, -0.25) is 0 Å². The zero-order valence-electron chi connectivity index (χ0n) is 14.8. The van der Waals surface area contributed by atoms with Crippen molar-refractivity contribution in [2.75, 3.05) is 0 Å². The van der Waals surface area contributed by atoms with Crippen LogP contribution in [0.5, 0.6) is 0 Å². The van der Waals surface area contributed by atoms with E-state index >= 15 is 0 Å². The van der Waals surface area contributed by atoms with Crippen LogP contribution in [-0.2, 0) is 0 Å². The van der Waals surface area contributed by atoms with Crippen LogP contribution >= 0.6 is 23.2 Å². The first-order valence-electron chi connectivity index (χ1n) is 8.24. The van der Waals surface area contributed by atoms with E-state index < -0.39 is 0 Å². The van der Waals surface area contributed by atoms with Gasteiger partial charge in [0.1, 0.15) is 0 Å². The highest BCUT2D eigenvalue weighted by atomic mass is 35.5. The van der Waals surface area contributed by atoms with Gasteiger partial charge in [-0.2, -0.15) is 5.26 Å². The van der Waals surface area contributed by atoms with E-state index in [0.29, 0.717) is 21.2 Å². The molecule has 0 amide bonds. The van der Waals surface area contributed by atoms with Gasteiger partial charge in [0.05, 0.1) is 16.7 Å². The van der Waals surface area contributed by atoms with E-state index in [2.05, 4.69) is 55.7 Å². The molecule has 2 aromatic carbocycles. The summed E-state index contributed by atoms with van der Waals surface area (Å²) in [6.07, 6.45) is 1.88. The maximum absolute atomic E-state index is 9.64. The molecule has 0 unspecified atom stereocenters. The molecule has 0 aliphatic carbocycles. The summed E-state index contributed by atoms with van der Waals surface area (Å²) in [5.74, 6) is 0. The minimum absolute atomic E-state index is 0.470. The monoisotopic (exact) mass is 380 g/mol. The Balaban J connectivity index is 2.11. The van der Waals surface area contributed by atoms with Crippen molar-refractivity contribution in [2.45, 2.75) is 20.8 Å². The predicted octanol–water partition coefficient (Wildman–Crippen LogP) is 6.77. The van der Waals surface area contributed by atoms with Crippen LogP contribution in [0.2, 0.25) is 10.0 Å². The Kier molecular flexibility index (Phi) is 5.23. The molecule has 3 rings (SSSR count). The number of halogens is 2. The molecule has 0 atom stereocenters. The van der Waals surface area contributed by atoms with Crippen molar-refractivity contribution >= 4 is 34.9 Å². The fraction of sp³-hybridized carbons (Fsp3) is 0.136. The molecule has 0 bridgehead atoms. The molecule has 0 aliphatic heterocycles. The third kappa shape index (κ3) is 3.55. The zero-order valence-corrected chi connectivity index (χ0v) is 16.4. The average molecular weight is 381 g/mol. The molecule has 0 fully saturated rings. The van der Waals surface area contributed by atoms with E-state index in [-0.39, 0.29) is 0 Å². The molecule has 0 saturated heterocycles. The van der Waals surface area contributed by atoms with E-state index in [9.17, 15) is 5.26 Å². The second kappa shape index (κ2) is 7.41. The van der Waals surface area contributed by atoms with E-state index in [0.717, 1.165) is 22.6 Å². The Morgan fingerprint density at radius 1 is 1.04 bits per heavy atom. The Hall–Kier alpha value is -2.47. The van der Waals surface area contributed by atoms with Crippen molar-refractivity contribution in [2.24, 2.45) is 0 Å². The lowest BCUT2D eigenvalue weighted by molar-refractivity contribution is 0.962. The van der Waals surface area contributed by atoms with Crippen LogP contribution in [-0.4, -0.2) is 4.57 Å². The van der Waals surface area contributed by atoms with Gasteiger partial charge in [0, 0.05) is 27.7 Å². The van der Waals surface area contributed by atoms with Crippen LogP contribution in [0.1, 0.15) is 28.1 Å². The molecule has 0 aliphatic rings. The molecule has 0 saturated carbocycles. The van der Waals surface area contributed by atoms with Gasteiger partial charge in [0.2, 0.25) is 0 Å². The number of nitrogens with zero attached hydrogens (tertiary/aromatic N) is 2. The van der Waals surface area contributed by atoms with Crippen molar-refractivity contribution in [1.82, 2.24) is 4.57 Å². The Bertz CT molecular complexity index is 1050. The molecular formula is C22H18Cl2N2. The normalized spacial score (nSPS) is 11.5. The third-order valence-corrected chi connectivity index (χ3v) is 4.92. The van der Waals surface area contributed by atoms with Crippen LogP contribution in [0.4, 0.5) is 0 Å². The topological polar surface area (TPSA) is 28.7 Å². The first-order chi connectivity index (χ1) is 12.4. The second-order valence-electron chi connectivity index (χ2n) is 6.29. The fourth-order valence-electron chi connectivity index (χ4n) is 3.13. The summed E-state index contributed by atoms with van der Waals surface area (Å²) < 4.78 is 2.19. The number of aryl methyl sites for hydroxylation is 2. The third-order valence-electron chi connectivity index (χ3n) is 4.37. The first-order valence-corrected chi connectivity index (χ1v) is 8.99. The quantitative estimate of drug-likeness (QED) is 0.460. The van der Waals surface area contributed by atoms with E-state index in [1.165, 1.54) is 5.56 Å². The van der Waals surface area contributed by atoms with Crippen LogP contribution in [0.3, 0.4) is 0 Å². The number of allylic oxidation sites excluding steroid dienone is 1. The second-order valence-corrected chi connectivity index (χ2v) is 7.14. The summed E-state index contributed by atoms with van der Waals surface area (Å²) in [5.41, 5.74) is 6.69. The van der Waals surface area contributed by atoms with E-state index in [1.807, 2.05) is 12.1 Å². The predicted molar refractivity (Wildman–Crippen MR) is 110 cm³/mol. The van der Waals surface area contributed by atoms with Crippen LogP contribution in [0, 0.1) is 32.1 Å². The Morgan fingerprint density at radius 2 is 1.81 bits per heavy atom. The summed E-state index contributed by atoms with van der Waals surface area (Å²) in [6, 6.07) is 17.9. The standard InChI is InChI=1S/C22H18Cl2N2/c1-14-5-4-6-20(9-14)26-15(2)10-17(16(26)3)11-18(13-25)21-8-7-19(23)12-22(21)24/h4-12H,1-3H3/b18-11-. The van der Waals surface area contributed by atoms with Crippen molar-refractivity contribution in [3.05, 3.63) is 86.7 Å². The highest BCUT2D eigenvalue weighted by Crippen LogP contribution is 2.30. The minimum Gasteiger partial charge on any atom is -0.318 e. The molecule has 4 heteroatoms. The molecule has 2 nitrogen and oxygen atoms in total. The van der Waals surface area contributed by atoms with Gasteiger partial charge in [-0.1, -0.05) is 41.4 Å². The SMILES string of the molecule is Cc1cccc(-n2c(C)cc(/C=C(/C#N)c3ccc(Cl)cc3Cl)c2C)c1. The fourth-order valence-corrected chi connectivity index (χ4v) is 3.64. The lowest BCUT2D eigenvalue weighted by atomic mass is 10.0. The van der Waals surface area contributed by atoms with E-state index in [4.69, 9.17) is 23.2 Å². The van der Waals surface area contributed by atoms with Crippen molar-refractivity contribution in [3.63, 3.8) is 0 Å². The lowest BCUT2D eigenvalue weighted by Crippen LogP contribution is -1.99. The lowest BCUT2D eigenvalue weighted by Gasteiger charge is -2.10. The molecule has 0 N–H and O–H groups in total. The largest absolute Gasteiger partial charge is 0.318 e. The van der Waals surface area contributed by atoms with Crippen LogP contribution in [0.15, 0.2) is 48.5 Å². The van der Waals surface area contributed by atoms with Gasteiger partial charge in [0.15, 0.2) is 0 Å². The molecule has 1 heterocycles. The van der Waals surface area contributed by atoms with Gasteiger partial charge < -0.3 is 4.57 Å². The summed E-state index contributed by atoms with van der Waals surface area (Å²) in [6.45, 7) is 6.20. The van der Waals surface area contributed by atoms with Crippen LogP contribution in [0.25, 0.3) is 17.3 Å². The van der Waals surface area contributed by atoms with Gasteiger partial charge in [-0.05, 0) is 68.3 Å². The number of benzene rings is 2. The van der Waals surface area contributed by atoms with Crippen molar-refractivity contribution in [1.29, 1.82) is 5.26 Å². The first kappa shape index (κ1) is 18.3. The molecule has 130 valence electrons. The molecule has 26 heavy (non-hydrogen) atoms. The molecule has 0 spiro atoms. The van der Waals surface area contributed by atoms with Gasteiger partial charge in [-0.25, -0.2) is 0 Å². The highest BCUT2D eigenvalue weighted by molar-refractivity contribution is 6.36. The molecule has 0 radical (unpaired) electrons. The summed E-state index contributed by atoms with van der Waals surface area (Å²) in [4.78, 5) is 0. The number of hydrogen-bond acceptors (Lipinski definition) is 1. The number of rotatable bonds is 3. The summed E-state index contributed by atoms with van der Waals surface area (Å²) >= 11 is 12.2. The Morgan fingerprint density at radius 3 is 2.46 bits per heavy atom. The van der Waals surface area contributed by atoms with Gasteiger partial charge >= 0.3 is 0 Å². The average Bonchev–Trinajstić information content (AvgIpc) is 2.87. The number of hydrogen-bond donors (Lipinski definition) is 0. The molecule has 1 aromatic heterocycles. The maximum Gasteiger partial charge on any atom is 0.0998 e. The smallest absolute Gasteiger partial charge is 0.0998 e. The number of nitriles is 1. The zero-order chi connectivity index (χ0) is 18.8. The van der Waals surface area contributed by atoms with Gasteiger partial charge in [-0.15, -0.1) is 0 Å². The summed E-state index contributed by atoms with van der Waals surface area (Å²) in [7, 11) is 0. The maximum atomic E-state index is 9.64. The highest BCUT2D eigenvalue weighted by Gasteiger charge is 2.12.